The second-order valence-corrected chi connectivity index (χ2v) is 6.88. The SMILES string of the molecule is Cc1nc2n(c1C)-c1ccc(Br)cc1C(c1ccccc1F)=NC2O. The van der Waals surface area contributed by atoms with Crippen LogP contribution in [0.15, 0.2) is 51.9 Å². The third kappa shape index (κ3) is 2.53. The average Bonchev–Trinajstić information content (AvgIpc) is 2.82. The van der Waals surface area contributed by atoms with Crippen molar-refractivity contribution in [2.75, 3.05) is 0 Å². The lowest BCUT2D eigenvalue weighted by Crippen LogP contribution is -2.09. The second kappa shape index (κ2) is 5.89. The van der Waals surface area contributed by atoms with Crippen LogP contribution < -0.4 is 0 Å². The fraction of sp³-hybridized carbons (Fsp3) is 0.158. The van der Waals surface area contributed by atoms with Gasteiger partial charge in [-0.2, -0.15) is 0 Å². The van der Waals surface area contributed by atoms with Crippen LogP contribution in [0.25, 0.3) is 5.69 Å². The summed E-state index contributed by atoms with van der Waals surface area (Å²) in [5.41, 5.74) is 4.05. The molecule has 1 aliphatic heterocycles. The van der Waals surface area contributed by atoms with Crippen molar-refractivity contribution >= 4 is 21.6 Å². The number of hydrogen-bond donors (Lipinski definition) is 1. The quantitative estimate of drug-likeness (QED) is 0.665. The van der Waals surface area contributed by atoms with Gasteiger partial charge in [-0.25, -0.2) is 14.4 Å². The van der Waals surface area contributed by atoms with E-state index in [0.717, 1.165) is 27.1 Å². The lowest BCUT2D eigenvalue weighted by molar-refractivity contribution is 0.177. The topological polar surface area (TPSA) is 50.4 Å². The highest BCUT2D eigenvalue weighted by Gasteiger charge is 2.28. The van der Waals surface area contributed by atoms with Gasteiger partial charge in [0.05, 0.1) is 17.1 Å². The van der Waals surface area contributed by atoms with Gasteiger partial charge in [-0.05, 0) is 44.2 Å². The van der Waals surface area contributed by atoms with Gasteiger partial charge in [0.15, 0.2) is 5.82 Å². The molecule has 3 aromatic rings. The van der Waals surface area contributed by atoms with E-state index in [-0.39, 0.29) is 5.82 Å². The second-order valence-electron chi connectivity index (χ2n) is 5.97. The minimum Gasteiger partial charge on any atom is -0.365 e. The van der Waals surface area contributed by atoms with Crippen LogP contribution in [-0.4, -0.2) is 20.4 Å². The van der Waals surface area contributed by atoms with Crippen LogP contribution in [-0.2, 0) is 0 Å². The molecule has 0 radical (unpaired) electrons. The Labute approximate surface area is 152 Å². The molecule has 1 unspecified atom stereocenters. The van der Waals surface area contributed by atoms with Crippen molar-refractivity contribution < 1.29 is 9.50 Å². The van der Waals surface area contributed by atoms with Crippen molar-refractivity contribution in [1.82, 2.24) is 9.55 Å². The molecule has 1 N–H and O–H groups in total. The number of fused-ring (bicyclic) bond motifs is 3. The molecule has 1 aromatic heterocycles. The first-order valence-electron chi connectivity index (χ1n) is 7.84. The van der Waals surface area contributed by atoms with Crippen molar-refractivity contribution in [2.24, 2.45) is 4.99 Å². The molecule has 2 aromatic carbocycles. The summed E-state index contributed by atoms with van der Waals surface area (Å²) >= 11 is 3.48. The predicted molar refractivity (Wildman–Crippen MR) is 97.7 cm³/mol. The number of aryl methyl sites for hydroxylation is 1. The van der Waals surface area contributed by atoms with Crippen LogP contribution in [0, 0.1) is 19.7 Å². The Hall–Kier alpha value is -2.31. The zero-order valence-electron chi connectivity index (χ0n) is 13.7. The van der Waals surface area contributed by atoms with E-state index in [4.69, 9.17) is 0 Å². The molecule has 1 atom stereocenters. The Morgan fingerprint density at radius 1 is 1.12 bits per heavy atom. The summed E-state index contributed by atoms with van der Waals surface area (Å²) in [6, 6.07) is 12.2. The van der Waals surface area contributed by atoms with E-state index in [9.17, 15) is 9.50 Å². The van der Waals surface area contributed by atoms with Gasteiger partial charge in [0.2, 0.25) is 6.23 Å². The van der Waals surface area contributed by atoms with E-state index >= 15 is 0 Å². The van der Waals surface area contributed by atoms with E-state index in [0.29, 0.717) is 17.1 Å². The molecule has 1 aliphatic rings. The molecular formula is C19H15BrFN3O. The minimum absolute atomic E-state index is 0.348. The van der Waals surface area contributed by atoms with Crippen LogP contribution in [0.4, 0.5) is 4.39 Å². The van der Waals surface area contributed by atoms with Crippen molar-refractivity contribution in [3.63, 3.8) is 0 Å². The molecule has 0 fully saturated rings. The summed E-state index contributed by atoms with van der Waals surface area (Å²) in [4.78, 5) is 8.88. The Bertz CT molecular complexity index is 1030. The third-order valence-electron chi connectivity index (χ3n) is 4.44. The molecule has 0 aliphatic carbocycles. The highest BCUT2D eigenvalue weighted by Crippen LogP contribution is 2.33. The number of nitrogens with zero attached hydrogens (tertiary/aromatic N) is 3. The molecule has 0 saturated carbocycles. The van der Waals surface area contributed by atoms with E-state index in [1.54, 1.807) is 18.2 Å². The van der Waals surface area contributed by atoms with Gasteiger partial charge < -0.3 is 5.11 Å². The van der Waals surface area contributed by atoms with E-state index in [1.165, 1.54) is 6.07 Å². The number of aliphatic hydroxyl groups is 1. The van der Waals surface area contributed by atoms with Crippen molar-refractivity contribution in [3.05, 3.63) is 81.1 Å². The molecule has 126 valence electrons. The minimum atomic E-state index is -1.17. The molecule has 4 nitrogen and oxygen atoms in total. The highest BCUT2D eigenvalue weighted by molar-refractivity contribution is 9.10. The third-order valence-corrected chi connectivity index (χ3v) is 4.93. The maximum Gasteiger partial charge on any atom is 0.205 e. The lowest BCUT2D eigenvalue weighted by Gasteiger charge is -2.14. The zero-order chi connectivity index (χ0) is 17.7. The first-order valence-corrected chi connectivity index (χ1v) is 8.63. The molecule has 6 heteroatoms. The number of benzene rings is 2. The van der Waals surface area contributed by atoms with Gasteiger partial charge in [-0.3, -0.25) is 4.57 Å². The normalized spacial score (nSPS) is 16.0. The zero-order valence-corrected chi connectivity index (χ0v) is 15.2. The van der Waals surface area contributed by atoms with Crippen molar-refractivity contribution in [2.45, 2.75) is 20.1 Å². The van der Waals surface area contributed by atoms with Crippen LogP contribution in [0.3, 0.4) is 0 Å². The maximum absolute atomic E-state index is 14.4. The first-order chi connectivity index (χ1) is 12.0. The Balaban J connectivity index is 2.08. The van der Waals surface area contributed by atoms with Gasteiger partial charge in [0, 0.05) is 21.3 Å². The van der Waals surface area contributed by atoms with Crippen LogP contribution >= 0.6 is 15.9 Å². The standard InChI is InChI=1S/C19H15BrFN3O/c1-10-11(2)24-16-8-7-12(20)9-14(16)17(23-19(25)18(24)22-10)13-5-3-4-6-15(13)21/h3-9,19,25H,1-2H3. The number of halogens is 2. The Kier molecular flexibility index (Phi) is 3.81. The fourth-order valence-corrected chi connectivity index (χ4v) is 3.49. The summed E-state index contributed by atoms with van der Waals surface area (Å²) in [6.07, 6.45) is -1.17. The van der Waals surface area contributed by atoms with Crippen LogP contribution in [0.1, 0.15) is 34.6 Å². The van der Waals surface area contributed by atoms with Gasteiger partial charge in [-0.15, -0.1) is 0 Å². The van der Waals surface area contributed by atoms with Gasteiger partial charge >= 0.3 is 0 Å². The van der Waals surface area contributed by atoms with Gasteiger partial charge in [0.1, 0.15) is 5.82 Å². The summed E-state index contributed by atoms with van der Waals surface area (Å²) in [5.74, 6) is 0.0525. The molecule has 2 heterocycles. The maximum atomic E-state index is 14.4. The molecule has 4 rings (SSSR count). The van der Waals surface area contributed by atoms with Gasteiger partial charge in [-0.1, -0.05) is 28.1 Å². The lowest BCUT2D eigenvalue weighted by atomic mass is 10.00. The summed E-state index contributed by atoms with van der Waals surface area (Å²) in [7, 11) is 0. The molecular weight excluding hydrogens is 385 g/mol. The Morgan fingerprint density at radius 3 is 2.64 bits per heavy atom. The molecule has 25 heavy (non-hydrogen) atoms. The largest absolute Gasteiger partial charge is 0.365 e. The first kappa shape index (κ1) is 16.2. The average molecular weight is 400 g/mol. The van der Waals surface area contributed by atoms with Crippen molar-refractivity contribution in [3.8, 4) is 5.69 Å². The molecule has 0 spiro atoms. The van der Waals surface area contributed by atoms with E-state index < -0.39 is 6.23 Å². The summed E-state index contributed by atoms with van der Waals surface area (Å²) in [6.45, 7) is 3.84. The van der Waals surface area contributed by atoms with Crippen LogP contribution in [0.5, 0.6) is 0 Å². The monoisotopic (exact) mass is 399 g/mol. The van der Waals surface area contributed by atoms with Crippen molar-refractivity contribution in [1.29, 1.82) is 0 Å². The molecule has 0 amide bonds. The number of aromatic nitrogens is 2. The summed E-state index contributed by atoms with van der Waals surface area (Å²) < 4.78 is 17.2. The smallest absolute Gasteiger partial charge is 0.205 e. The predicted octanol–water partition coefficient (Wildman–Crippen LogP) is 4.23. The van der Waals surface area contributed by atoms with E-state index in [2.05, 4.69) is 25.9 Å². The summed E-state index contributed by atoms with van der Waals surface area (Å²) in [5, 5.41) is 10.6. The highest BCUT2D eigenvalue weighted by atomic mass is 79.9. The number of aliphatic imine (C=N–C) groups is 1. The number of hydrogen-bond acceptors (Lipinski definition) is 3. The number of aliphatic hydroxyl groups excluding tert-OH is 1. The van der Waals surface area contributed by atoms with Crippen LogP contribution in [0.2, 0.25) is 0 Å². The fourth-order valence-electron chi connectivity index (χ4n) is 3.12. The molecule has 0 saturated heterocycles. The van der Waals surface area contributed by atoms with Gasteiger partial charge in [0.25, 0.3) is 0 Å². The number of rotatable bonds is 1. The van der Waals surface area contributed by atoms with E-state index in [1.807, 2.05) is 36.6 Å². The Morgan fingerprint density at radius 2 is 1.88 bits per heavy atom. The molecule has 0 bridgehead atoms. The number of imidazole rings is 1.